The SMILES string of the molecule is CCC1CCCCC1OCC(O)CNc1cnn(C)c1. The third kappa shape index (κ3) is 4.49. The summed E-state index contributed by atoms with van der Waals surface area (Å²) in [5, 5.41) is 17.2. The van der Waals surface area contributed by atoms with Crippen LogP contribution in [0.4, 0.5) is 5.69 Å². The molecule has 0 radical (unpaired) electrons. The molecule has 1 aliphatic carbocycles. The molecule has 3 unspecified atom stereocenters. The summed E-state index contributed by atoms with van der Waals surface area (Å²) in [5.41, 5.74) is 0.927. The third-order valence-electron chi connectivity index (χ3n) is 4.11. The molecule has 0 saturated heterocycles. The van der Waals surface area contributed by atoms with Gasteiger partial charge in [-0.15, -0.1) is 0 Å². The van der Waals surface area contributed by atoms with E-state index in [1.165, 1.54) is 25.7 Å². The zero-order valence-corrected chi connectivity index (χ0v) is 12.6. The summed E-state index contributed by atoms with van der Waals surface area (Å²) in [6.45, 7) is 3.14. The third-order valence-corrected chi connectivity index (χ3v) is 4.11. The lowest BCUT2D eigenvalue weighted by molar-refractivity contribution is -0.0473. The summed E-state index contributed by atoms with van der Waals surface area (Å²) >= 11 is 0. The van der Waals surface area contributed by atoms with E-state index in [2.05, 4.69) is 17.3 Å². The van der Waals surface area contributed by atoms with Crippen molar-refractivity contribution in [2.24, 2.45) is 13.0 Å². The maximum atomic E-state index is 9.99. The largest absolute Gasteiger partial charge is 0.389 e. The van der Waals surface area contributed by atoms with Gasteiger partial charge in [0.25, 0.3) is 0 Å². The van der Waals surface area contributed by atoms with Gasteiger partial charge in [-0.2, -0.15) is 5.10 Å². The molecule has 0 amide bonds. The van der Waals surface area contributed by atoms with E-state index in [1.807, 2.05) is 13.2 Å². The van der Waals surface area contributed by atoms with Gasteiger partial charge in [0.15, 0.2) is 0 Å². The zero-order valence-electron chi connectivity index (χ0n) is 12.6. The molecule has 114 valence electrons. The van der Waals surface area contributed by atoms with Gasteiger partial charge < -0.3 is 15.2 Å². The summed E-state index contributed by atoms with van der Waals surface area (Å²) in [6, 6.07) is 0. The first-order chi connectivity index (χ1) is 9.69. The second-order valence-electron chi connectivity index (χ2n) is 5.76. The van der Waals surface area contributed by atoms with Gasteiger partial charge in [-0.3, -0.25) is 4.68 Å². The van der Waals surface area contributed by atoms with Gasteiger partial charge in [0, 0.05) is 19.8 Å². The van der Waals surface area contributed by atoms with Gasteiger partial charge in [0.1, 0.15) is 0 Å². The van der Waals surface area contributed by atoms with Crippen molar-refractivity contribution in [2.45, 2.75) is 51.2 Å². The number of aliphatic hydroxyl groups is 1. The summed E-state index contributed by atoms with van der Waals surface area (Å²) in [7, 11) is 1.87. The van der Waals surface area contributed by atoms with Crippen molar-refractivity contribution in [3.63, 3.8) is 0 Å². The number of aromatic nitrogens is 2. The van der Waals surface area contributed by atoms with Gasteiger partial charge in [-0.1, -0.05) is 26.2 Å². The molecule has 3 atom stereocenters. The molecular formula is C15H27N3O2. The molecule has 5 nitrogen and oxygen atoms in total. The van der Waals surface area contributed by atoms with Gasteiger partial charge in [0.05, 0.1) is 30.7 Å². The highest BCUT2D eigenvalue weighted by Crippen LogP contribution is 2.29. The normalized spacial score (nSPS) is 24.6. The molecule has 5 heteroatoms. The summed E-state index contributed by atoms with van der Waals surface area (Å²) in [4.78, 5) is 0. The highest BCUT2D eigenvalue weighted by molar-refractivity contribution is 5.37. The summed E-state index contributed by atoms with van der Waals surface area (Å²) in [6.07, 6.45) is 9.66. The van der Waals surface area contributed by atoms with Crippen LogP contribution in [-0.2, 0) is 11.8 Å². The fourth-order valence-electron chi connectivity index (χ4n) is 2.90. The molecule has 0 aromatic carbocycles. The number of rotatable bonds is 7. The topological polar surface area (TPSA) is 59.3 Å². The van der Waals surface area contributed by atoms with Gasteiger partial charge in [-0.05, 0) is 18.8 Å². The number of nitrogens with one attached hydrogen (secondary N) is 1. The van der Waals surface area contributed by atoms with Crippen LogP contribution < -0.4 is 5.32 Å². The fourth-order valence-corrected chi connectivity index (χ4v) is 2.90. The van der Waals surface area contributed by atoms with Crippen LogP contribution in [0.2, 0.25) is 0 Å². The molecule has 1 heterocycles. The molecule has 1 aromatic rings. The van der Waals surface area contributed by atoms with Crippen molar-refractivity contribution in [3.8, 4) is 0 Å². The number of aliphatic hydroxyl groups excluding tert-OH is 1. The van der Waals surface area contributed by atoms with E-state index in [4.69, 9.17) is 4.74 Å². The molecule has 1 saturated carbocycles. The molecule has 1 fully saturated rings. The van der Waals surface area contributed by atoms with Crippen LogP contribution >= 0.6 is 0 Å². The van der Waals surface area contributed by atoms with Crippen molar-refractivity contribution in [1.29, 1.82) is 0 Å². The Morgan fingerprint density at radius 1 is 1.50 bits per heavy atom. The highest BCUT2D eigenvalue weighted by atomic mass is 16.5. The molecule has 0 aliphatic heterocycles. The van der Waals surface area contributed by atoms with E-state index >= 15 is 0 Å². The maximum Gasteiger partial charge on any atom is 0.0945 e. The Balaban J connectivity index is 1.67. The first-order valence-electron chi connectivity index (χ1n) is 7.71. The molecule has 2 rings (SSSR count). The Hall–Kier alpha value is -1.07. The van der Waals surface area contributed by atoms with Crippen LogP contribution in [0.3, 0.4) is 0 Å². The standard InChI is InChI=1S/C15H27N3O2/c1-3-12-6-4-5-7-15(12)20-11-14(19)9-16-13-8-17-18(2)10-13/h8,10,12,14-16,19H,3-7,9,11H2,1-2H3. The zero-order chi connectivity index (χ0) is 14.4. The maximum absolute atomic E-state index is 9.99. The highest BCUT2D eigenvalue weighted by Gasteiger charge is 2.24. The average molecular weight is 281 g/mol. The Morgan fingerprint density at radius 3 is 3.00 bits per heavy atom. The van der Waals surface area contributed by atoms with E-state index in [1.54, 1.807) is 10.9 Å². The first-order valence-corrected chi connectivity index (χ1v) is 7.71. The van der Waals surface area contributed by atoms with Crippen molar-refractivity contribution in [3.05, 3.63) is 12.4 Å². The quantitative estimate of drug-likeness (QED) is 0.804. The molecule has 0 bridgehead atoms. The van der Waals surface area contributed by atoms with Gasteiger partial charge in [0.2, 0.25) is 0 Å². The summed E-state index contributed by atoms with van der Waals surface area (Å²) < 4.78 is 7.67. The predicted octanol–water partition coefficient (Wildman–Crippen LogP) is 2.18. The minimum absolute atomic E-state index is 0.335. The lowest BCUT2D eigenvalue weighted by Gasteiger charge is -2.31. The number of nitrogens with zero attached hydrogens (tertiary/aromatic N) is 2. The molecule has 2 N–H and O–H groups in total. The van der Waals surface area contributed by atoms with Crippen LogP contribution in [0.15, 0.2) is 12.4 Å². The Bertz CT molecular complexity index is 394. The molecule has 20 heavy (non-hydrogen) atoms. The number of hydrogen-bond acceptors (Lipinski definition) is 4. The second kappa shape index (κ2) is 7.64. The van der Waals surface area contributed by atoms with Crippen molar-refractivity contribution in [2.75, 3.05) is 18.5 Å². The molecule has 1 aliphatic rings. The Morgan fingerprint density at radius 2 is 2.30 bits per heavy atom. The van der Waals surface area contributed by atoms with Crippen LogP contribution in [-0.4, -0.2) is 40.2 Å². The monoisotopic (exact) mass is 281 g/mol. The smallest absolute Gasteiger partial charge is 0.0945 e. The van der Waals surface area contributed by atoms with E-state index in [9.17, 15) is 5.11 Å². The van der Waals surface area contributed by atoms with E-state index in [0.717, 1.165) is 12.1 Å². The molecule has 0 spiro atoms. The van der Waals surface area contributed by atoms with E-state index in [0.29, 0.717) is 25.2 Å². The van der Waals surface area contributed by atoms with Crippen molar-refractivity contribution < 1.29 is 9.84 Å². The van der Waals surface area contributed by atoms with Crippen molar-refractivity contribution in [1.82, 2.24) is 9.78 Å². The number of anilines is 1. The fraction of sp³-hybridized carbons (Fsp3) is 0.800. The van der Waals surface area contributed by atoms with Gasteiger partial charge in [-0.25, -0.2) is 0 Å². The second-order valence-corrected chi connectivity index (χ2v) is 5.76. The number of hydrogen-bond donors (Lipinski definition) is 2. The van der Waals surface area contributed by atoms with Gasteiger partial charge >= 0.3 is 0 Å². The van der Waals surface area contributed by atoms with Crippen LogP contribution in [0, 0.1) is 5.92 Å². The average Bonchev–Trinajstić information content (AvgIpc) is 2.89. The number of ether oxygens (including phenoxy) is 1. The van der Waals surface area contributed by atoms with E-state index in [-0.39, 0.29) is 0 Å². The minimum atomic E-state index is -0.477. The van der Waals surface area contributed by atoms with Crippen LogP contribution in [0.25, 0.3) is 0 Å². The molecular weight excluding hydrogens is 254 g/mol. The van der Waals surface area contributed by atoms with Crippen LogP contribution in [0.1, 0.15) is 39.0 Å². The summed E-state index contributed by atoms with van der Waals surface area (Å²) in [5.74, 6) is 0.669. The lowest BCUT2D eigenvalue weighted by Crippen LogP contribution is -2.32. The Labute approximate surface area is 121 Å². The van der Waals surface area contributed by atoms with Crippen LogP contribution in [0.5, 0.6) is 0 Å². The number of aryl methyl sites for hydroxylation is 1. The lowest BCUT2D eigenvalue weighted by atomic mass is 9.85. The predicted molar refractivity (Wildman–Crippen MR) is 79.7 cm³/mol. The van der Waals surface area contributed by atoms with E-state index < -0.39 is 6.10 Å². The Kier molecular flexibility index (Phi) is 5.86. The minimum Gasteiger partial charge on any atom is -0.389 e. The van der Waals surface area contributed by atoms with Crippen molar-refractivity contribution >= 4 is 5.69 Å². The first kappa shape index (κ1) is 15.3. The molecule has 1 aromatic heterocycles.